The molecule has 7 nitrogen and oxygen atoms in total. The minimum Gasteiger partial charge on any atom is -0.338 e. The summed E-state index contributed by atoms with van der Waals surface area (Å²) in [6, 6.07) is -0.0579. The number of hydrogen-bond donors (Lipinski definition) is 2. The van der Waals surface area contributed by atoms with Crippen molar-refractivity contribution in [3.05, 3.63) is 0 Å². The van der Waals surface area contributed by atoms with E-state index in [4.69, 9.17) is 0 Å². The lowest BCUT2D eigenvalue weighted by Crippen LogP contribution is -2.42. The predicted molar refractivity (Wildman–Crippen MR) is 103 cm³/mol. The number of rotatable bonds is 8. The maximum Gasteiger partial charge on any atom is 0.314 e. The summed E-state index contributed by atoms with van der Waals surface area (Å²) in [6.45, 7) is 8.40. The summed E-state index contributed by atoms with van der Waals surface area (Å²) in [4.78, 5) is 20.2. The molecule has 0 radical (unpaired) electrons. The van der Waals surface area contributed by atoms with Crippen LogP contribution in [0.4, 0.5) is 4.79 Å². The van der Waals surface area contributed by atoms with Gasteiger partial charge >= 0.3 is 6.03 Å². The zero-order valence-electron chi connectivity index (χ0n) is 16.8. The molecule has 0 aliphatic carbocycles. The highest BCUT2D eigenvalue weighted by atomic mass is 16.2. The van der Waals surface area contributed by atoms with Crippen LogP contribution in [0.2, 0.25) is 0 Å². The number of amides is 2. The molecule has 7 heteroatoms. The molecule has 0 saturated carbocycles. The van der Waals surface area contributed by atoms with Gasteiger partial charge in [-0.2, -0.15) is 0 Å². The molecular weight excluding hydrogens is 304 g/mol. The van der Waals surface area contributed by atoms with E-state index in [-0.39, 0.29) is 6.03 Å². The van der Waals surface area contributed by atoms with Gasteiger partial charge in [0.25, 0.3) is 0 Å². The first-order chi connectivity index (χ1) is 11.3. The molecule has 0 bridgehead atoms. The van der Waals surface area contributed by atoms with Crippen molar-refractivity contribution in [1.82, 2.24) is 30.2 Å². The molecule has 0 atom stereocenters. The normalized spacial score (nSPS) is 16.0. The third-order valence-corrected chi connectivity index (χ3v) is 3.86. The molecule has 1 rings (SSSR count). The highest BCUT2D eigenvalue weighted by Crippen LogP contribution is 1.93. The van der Waals surface area contributed by atoms with Crippen LogP contribution in [-0.4, -0.2) is 120 Å². The topological polar surface area (TPSA) is 54.1 Å². The summed E-state index contributed by atoms with van der Waals surface area (Å²) in [5.41, 5.74) is 0. The Morgan fingerprint density at radius 2 is 1.12 bits per heavy atom. The monoisotopic (exact) mass is 344 g/mol. The van der Waals surface area contributed by atoms with Gasteiger partial charge < -0.3 is 30.2 Å². The van der Waals surface area contributed by atoms with Crippen molar-refractivity contribution in [3.63, 3.8) is 0 Å². The van der Waals surface area contributed by atoms with E-state index in [2.05, 4.69) is 44.3 Å². The van der Waals surface area contributed by atoms with Gasteiger partial charge in [0, 0.05) is 39.3 Å². The number of hydrogen-bond acceptors (Lipinski definition) is 5. The Morgan fingerprint density at radius 3 is 1.42 bits per heavy atom. The zero-order chi connectivity index (χ0) is 18.4. The van der Waals surface area contributed by atoms with Crippen LogP contribution in [0.25, 0.3) is 0 Å². The minimum atomic E-state index is -0.0579. The molecular formula is C17H40N6O. The quantitative estimate of drug-likeness (QED) is 0.610. The smallest absolute Gasteiger partial charge is 0.314 e. The highest BCUT2D eigenvalue weighted by molar-refractivity contribution is 5.73. The lowest BCUT2D eigenvalue weighted by molar-refractivity contribution is 0.181. The molecule has 1 aliphatic rings. The molecule has 24 heavy (non-hydrogen) atoms. The Kier molecular flexibility index (Phi) is 13.9. The third kappa shape index (κ3) is 16.0. The molecule has 0 aromatic heterocycles. The van der Waals surface area contributed by atoms with Crippen molar-refractivity contribution in [2.45, 2.75) is 12.8 Å². The van der Waals surface area contributed by atoms with Gasteiger partial charge in [0.2, 0.25) is 0 Å². The van der Waals surface area contributed by atoms with Crippen LogP contribution in [0.1, 0.15) is 12.8 Å². The van der Waals surface area contributed by atoms with Crippen LogP contribution in [0.15, 0.2) is 0 Å². The van der Waals surface area contributed by atoms with Crippen LogP contribution in [0.5, 0.6) is 0 Å². The van der Waals surface area contributed by atoms with E-state index in [1.165, 1.54) is 26.2 Å². The first-order valence-electron chi connectivity index (χ1n) is 8.99. The van der Waals surface area contributed by atoms with Crippen molar-refractivity contribution >= 4 is 6.03 Å². The van der Waals surface area contributed by atoms with E-state index < -0.39 is 0 Å². The van der Waals surface area contributed by atoms with E-state index in [9.17, 15) is 4.79 Å². The Balaban J connectivity index is 0.000000546. The van der Waals surface area contributed by atoms with Crippen molar-refractivity contribution in [2.75, 3.05) is 94.6 Å². The van der Waals surface area contributed by atoms with Gasteiger partial charge in [0.15, 0.2) is 0 Å². The number of carbonyl (C=O) groups is 1. The van der Waals surface area contributed by atoms with E-state index in [1.807, 2.05) is 28.2 Å². The zero-order valence-corrected chi connectivity index (χ0v) is 16.8. The Morgan fingerprint density at radius 1 is 0.792 bits per heavy atom. The summed E-state index contributed by atoms with van der Waals surface area (Å²) in [5, 5.41) is 5.67. The third-order valence-electron chi connectivity index (χ3n) is 3.86. The number of carbonyl (C=O) groups excluding carboxylic acids is 1. The second-order valence-corrected chi connectivity index (χ2v) is 7.10. The molecule has 0 spiro atoms. The fourth-order valence-corrected chi connectivity index (χ4v) is 2.16. The Bertz CT molecular complexity index is 275. The summed E-state index contributed by atoms with van der Waals surface area (Å²) in [5.74, 6) is 0. The van der Waals surface area contributed by atoms with Crippen LogP contribution in [0, 0.1) is 0 Å². The van der Waals surface area contributed by atoms with Gasteiger partial charge in [-0.05, 0) is 68.2 Å². The van der Waals surface area contributed by atoms with Crippen LogP contribution in [0.3, 0.4) is 0 Å². The first-order valence-corrected chi connectivity index (χ1v) is 8.99. The van der Waals surface area contributed by atoms with Gasteiger partial charge in [0.05, 0.1) is 0 Å². The molecule has 144 valence electrons. The van der Waals surface area contributed by atoms with Gasteiger partial charge in [-0.25, -0.2) is 4.79 Å². The number of likely N-dealkylation sites (N-methyl/N-ethyl adjacent to an activating group) is 2. The highest BCUT2D eigenvalue weighted by Gasteiger charge is 2.07. The van der Waals surface area contributed by atoms with Crippen LogP contribution >= 0.6 is 0 Å². The van der Waals surface area contributed by atoms with Gasteiger partial charge in [-0.3, -0.25) is 0 Å². The number of urea groups is 1. The Hall–Kier alpha value is -0.890. The van der Waals surface area contributed by atoms with E-state index in [1.54, 1.807) is 0 Å². The van der Waals surface area contributed by atoms with E-state index in [0.29, 0.717) is 0 Å². The molecule has 0 unspecified atom stereocenters. The second kappa shape index (κ2) is 14.5. The standard InChI is InChI=1S/C11H26N4O.C6H14N2/c1-14(2)9-5-7-12-11(16)13-8-6-10-15(3)4;1-7-3-5-8(2)6-4-7/h5-10H2,1-4H3,(H2,12,13,16);3-6H2,1-2H3. The van der Waals surface area contributed by atoms with Crippen molar-refractivity contribution in [3.8, 4) is 0 Å². The maximum absolute atomic E-state index is 11.3. The number of nitrogens with zero attached hydrogens (tertiary/aromatic N) is 4. The summed E-state index contributed by atoms with van der Waals surface area (Å²) in [6.07, 6.45) is 1.97. The summed E-state index contributed by atoms with van der Waals surface area (Å²) in [7, 11) is 12.5. The molecule has 0 aromatic rings. The molecule has 1 heterocycles. The van der Waals surface area contributed by atoms with E-state index >= 15 is 0 Å². The fourth-order valence-electron chi connectivity index (χ4n) is 2.16. The van der Waals surface area contributed by atoms with E-state index in [0.717, 1.165) is 39.0 Å². The average Bonchev–Trinajstić information content (AvgIpc) is 2.51. The largest absolute Gasteiger partial charge is 0.338 e. The minimum absolute atomic E-state index is 0.0579. The second-order valence-electron chi connectivity index (χ2n) is 7.10. The maximum atomic E-state index is 11.3. The van der Waals surface area contributed by atoms with Crippen molar-refractivity contribution in [2.24, 2.45) is 0 Å². The van der Waals surface area contributed by atoms with Gasteiger partial charge in [0.1, 0.15) is 0 Å². The SMILES string of the molecule is CN(C)CCCNC(=O)NCCCN(C)C.CN1CCN(C)CC1. The molecule has 1 aliphatic heterocycles. The van der Waals surface area contributed by atoms with Crippen LogP contribution in [-0.2, 0) is 0 Å². The van der Waals surface area contributed by atoms with Gasteiger partial charge in [-0.1, -0.05) is 0 Å². The van der Waals surface area contributed by atoms with Crippen molar-refractivity contribution < 1.29 is 4.79 Å². The average molecular weight is 345 g/mol. The molecule has 2 amide bonds. The fraction of sp³-hybridized carbons (Fsp3) is 0.941. The number of piperazine rings is 1. The lowest BCUT2D eigenvalue weighted by atomic mass is 10.4. The summed E-state index contributed by atoms with van der Waals surface area (Å²) < 4.78 is 0. The molecule has 2 N–H and O–H groups in total. The number of nitrogens with one attached hydrogen (secondary N) is 2. The van der Waals surface area contributed by atoms with Crippen molar-refractivity contribution in [1.29, 1.82) is 0 Å². The summed E-state index contributed by atoms with van der Waals surface area (Å²) >= 11 is 0. The predicted octanol–water partition coefficient (Wildman–Crippen LogP) is 0.0526. The first kappa shape index (κ1) is 23.1. The Labute approximate surface area is 149 Å². The molecule has 0 aromatic carbocycles. The lowest BCUT2D eigenvalue weighted by Gasteiger charge is -2.28. The molecule has 1 fully saturated rings. The molecule has 1 saturated heterocycles. The van der Waals surface area contributed by atoms with Gasteiger partial charge in [-0.15, -0.1) is 0 Å². The van der Waals surface area contributed by atoms with Crippen LogP contribution < -0.4 is 10.6 Å².